The van der Waals surface area contributed by atoms with Crippen LogP contribution in [0.4, 0.5) is 0 Å². The van der Waals surface area contributed by atoms with Crippen molar-refractivity contribution in [1.82, 2.24) is 5.32 Å². The number of rotatable bonds is 3. The number of hydrogen-bond acceptors (Lipinski definition) is 2. The van der Waals surface area contributed by atoms with Gasteiger partial charge in [0, 0.05) is 19.3 Å². The van der Waals surface area contributed by atoms with Gasteiger partial charge in [0.15, 0.2) is 0 Å². The van der Waals surface area contributed by atoms with Crippen molar-refractivity contribution in [1.29, 1.82) is 0 Å². The van der Waals surface area contributed by atoms with Crippen LogP contribution in [0, 0.1) is 11.3 Å². The zero-order valence-electron chi connectivity index (χ0n) is 11.6. The Hall–Kier alpha value is -0.0800. The lowest BCUT2D eigenvalue weighted by Crippen LogP contribution is -2.35. The molecule has 1 N–H and O–H groups in total. The molecule has 2 aliphatic rings. The molecule has 0 amide bonds. The molecule has 0 aromatic rings. The molecular weight excluding hydrogens is 210 g/mol. The maximum atomic E-state index is 5.41. The van der Waals surface area contributed by atoms with Crippen molar-refractivity contribution in [2.75, 3.05) is 19.8 Å². The van der Waals surface area contributed by atoms with E-state index < -0.39 is 0 Å². The molecule has 1 saturated heterocycles. The highest BCUT2D eigenvalue weighted by atomic mass is 16.5. The molecule has 2 fully saturated rings. The van der Waals surface area contributed by atoms with Gasteiger partial charge in [0.2, 0.25) is 0 Å². The Bertz CT molecular complexity index is 221. The predicted octanol–water partition coefficient (Wildman–Crippen LogP) is 3.36. The van der Waals surface area contributed by atoms with E-state index in [1.54, 1.807) is 0 Å². The third kappa shape index (κ3) is 4.59. The van der Waals surface area contributed by atoms with Crippen LogP contribution < -0.4 is 5.32 Å². The Balaban J connectivity index is 1.68. The average Bonchev–Trinajstić information content (AvgIpc) is 2.49. The fourth-order valence-corrected chi connectivity index (χ4v) is 3.15. The molecular formula is C15H29NO. The summed E-state index contributed by atoms with van der Waals surface area (Å²) < 4.78 is 5.41. The van der Waals surface area contributed by atoms with Crippen molar-refractivity contribution in [3.05, 3.63) is 0 Å². The molecule has 0 aromatic heterocycles. The first-order valence-corrected chi connectivity index (χ1v) is 7.47. The van der Waals surface area contributed by atoms with Crippen molar-refractivity contribution < 1.29 is 4.74 Å². The van der Waals surface area contributed by atoms with Crippen molar-refractivity contribution in [3.8, 4) is 0 Å². The minimum Gasteiger partial charge on any atom is -0.381 e. The second-order valence-electron chi connectivity index (χ2n) is 6.76. The minimum atomic E-state index is 0.578. The van der Waals surface area contributed by atoms with E-state index in [1.807, 2.05) is 0 Å². The van der Waals surface area contributed by atoms with Gasteiger partial charge < -0.3 is 10.1 Å². The molecule has 2 heteroatoms. The van der Waals surface area contributed by atoms with E-state index >= 15 is 0 Å². The highest BCUT2D eigenvalue weighted by molar-refractivity contribution is 4.80. The Labute approximate surface area is 107 Å². The fourth-order valence-electron chi connectivity index (χ4n) is 3.15. The normalized spacial score (nSPS) is 31.1. The number of ether oxygens (including phenoxy) is 1. The first kappa shape index (κ1) is 13.4. The van der Waals surface area contributed by atoms with Crippen molar-refractivity contribution in [3.63, 3.8) is 0 Å². The lowest BCUT2D eigenvalue weighted by Gasteiger charge is -2.26. The lowest BCUT2D eigenvalue weighted by atomic mass is 9.85. The fraction of sp³-hybridized carbons (Fsp3) is 1.00. The van der Waals surface area contributed by atoms with Gasteiger partial charge in [0.05, 0.1) is 0 Å². The van der Waals surface area contributed by atoms with E-state index in [2.05, 4.69) is 19.2 Å². The van der Waals surface area contributed by atoms with E-state index in [0.29, 0.717) is 5.41 Å². The molecule has 0 spiro atoms. The van der Waals surface area contributed by atoms with Gasteiger partial charge in [0.1, 0.15) is 0 Å². The van der Waals surface area contributed by atoms with Crippen LogP contribution in [0.5, 0.6) is 0 Å². The molecule has 1 atom stereocenters. The van der Waals surface area contributed by atoms with E-state index in [-0.39, 0.29) is 0 Å². The Morgan fingerprint density at radius 3 is 2.59 bits per heavy atom. The maximum absolute atomic E-state index is 5.41. The maximum Gasteiger partial charge on any atom is 0.0469 e. The van der Waals surface area contributed by atoms with Crippen LogP contribution in [-0.2, 0) is 4.74 Å². The van der Waals surface area contributed by atoms with Gasteiger partial charge in [-0.05, 0) is 56.4 Å². The summed E-state index contributed by atoms with van der Waals surface area (Å²) in [4.78, 5) is 0. The summed E-state index contributed by atoms with van der Waals surface area (Å²) in [5, 5.41) is 3.81. The molecule has 2 rings (SSSR count). The van der Waals surface area contributed by atoms with E-state index in [9.17, 15) is 0 Å². The highest BCUT2D eigenvalue weighted by Gasteiger charge is 2.24. The first-order chi connectivity index (χ1) is 8.16. The van der Waals surface area contributed by atoms with Crippen LogP contribution in [0.25, 0.3) is 0 Å². The summed E-state index contributed by atoms with van der Waals surface area (Å²) >= 11 is 0. The topological polar surface area (TPSA) is 21.3 Å². The zero-order valence-corrected chi connectivity index (χ0v) is 11.6. The molecule has 2 nitrogen and oxygen atoms in total. The second-order valence-corrected chi connectivity index (χ2v) is 6.76. The molecule has 1 unspecified atom stereocenters. The summed E-state index contributed by atoms with van der Waals surface area (Å²) in [5.74, 6) is 0.861. The van der Waals surface area contributed by atoms with E-state index in [0.717, 1.165) is 25.2 Å². The van der Waals surface area contributed by atoms with Crippen LogP contribution in [0.3, 0.4) is 0 Å². The Morgan fingerprint density at radius 2 is 1.82 bits per heavy atom. The highest BCUT2D eigenvalue weighted by Crippen LogP contribution is 2.33. The largest absolute Gasteiger partial charge is 0.381 e. The quantitative estimate of drug-likeness (QED) is 0.763. The standard InChI is InChI=1S/C15H29NO/c1-15(2)8-3-4-14(5-9-15)16-12-13-6-10-17-11-7-13/h13-14,16H,3-12H2,1-2H3. The van der Waals surface area contributed by atoms with Gasteiger partial charge in [-0.15, -0.1) is 0 Å². The van der Waals surface area contributed by atoms with Crippen LogP contribution in [0.15, 0.2) is 0 Å². The van der Waals surface area contributed by atoms with Crippen LogP contribution in [0.1, 0.15) is 58.8 Å². The summed E-state index contributed by atoms with van der Waals surface area (Å²) in [6, 6.07) is 0.777. The molecule has 100 valence electrons. The third-order valence-electron chi connectivity index (χ3n) is 4.61. The Kier molecular flexibility index (Phi) is 4.87. The van der Waals surface area contributed by atoms with Gasteiger partial charge in [-0.2, -0.15) is 0 Å². The summed E-state index contributed by atoms with van der Waals surface area (Å²) in [6.45, 7) is 8.02. The summed E-state index contributed by atoms with van der Waals surface area (Å²) in [7, 11) is 0. The number of hydrogen-bond donors (Lipinski definition) is 1. The number of nitrogens with one attached hydrogen (secondary N) is 1. The molecule has 17 heavy (non-hydrogen) atoms. The molecule has 0 aromatic carbocycles. The van der Waals surface area contributed by atoms with Crippen LogP contribution >= 0.6 is 0 Å². The molecule has 1 saturated carbocycles. The smallest absolute Gasteiger partial charge is 0.0469 e. The third-order valence-corrected chi connectivity index (χ3v) is 4.61. The molecule has 1 aliphatic carbocycles. The average molecular weight is 239 g/mol. The van der Waals surface area contributed by atoms with Gasteiger partial charge in [-0.25, -0.2) is 0 Å². The molecule has 1 aliphatic heterocycles. The monoisotopic (exact) mass is 239 g/mol. The van der Waals surface area contributed by atoms with Crippen molar-refractivity contribution in [2.45, 2.75) is 64.8 Å². The summed E-state index contributed by atoms with van der Waals surface area (Å²) in [6.07, 6.45) is 9.46. The Morgan fingerprint density at radius 1 is 1.06 bits per heavy atom. The first-order valence-electron chi connectivity index (χ1n) is 7.47. The molecule has 0 bridgehead atoms. The SMILES string of the molecule is CC1(C)CCCC(NCC2CCOCC2)CC1. The summed E-state index contributed by atoms with van der Waals surface area (Å²) in [5.41, 5.74) is 0.578. The minimum absolute atomic E-state index is 0.578. The van der Waals surface area contributed by atoms with Gasteiger partial charge >= 0.3 is 0 Å². The van der Waals surface area contributed by atoms with Gasteiger partial charge in [-0.1, -0.05) is 20.3 Å². The second kappa shape index (κ2) is 6.19. The van der Waals surface area contributed by atoms with Gasteiger partial charge in [0.25, 0.3) is 0 Å². The zero-order chi connectivity index (χ0) is 12.1. The van der Waals surface area contributed by atoms with Crippen molar-refractivity contribution in [2.24, 2.45) is 11.3 Å². The molecule has 0 radical (unpaired) electrons. The van der Waals surface area contributed by atoms with Crippen LogP contribution in [-0.4, -0.2) is 25.8 Å². The predicted molar refractivity (Wildman–Crippen MR) is 72.2 cm³/mol. The van der Waals surface area contributed by atoms with E-state index in [1.165, 1.54) is 51.5 Å². The van der Waals surface area contributed by atoms with Crippen LogP contribution in [0.2, 0.25) is 0 Å². The lowest BCUT2D eigenvalue weighted by molar-refractivity contribution is 0.0652. The van der Waals surface area contributed by atoms with Crippen molar-refractivity contribution >= 4 is 0 Å². The molecule has 1 heterocycles. The van der Waals surface area contributed by atoms with E-state index in [4.69, 9.17) is 4.74 Å². The van der Waals surface area contributed by atoms with Gasteiger partial charge in [-0.3, -0.25) is 0 Å².